The molecule has 39 heavy (non-hydrogen) atoms. The van der Waals surface area contributed by atoms with Crippen molar-refractivity contribution in [2.75, 3.05) is 37.7 Å². The number of piperazine rings is 1. The lowest BCUT2D eigenvalue weighted by molar-refractivity contribution is 0.0746. The molecule has 0 bridgehead atoms. The van der Waals surface area contributed by atoms with Crippen molar-refractivity contribution in [1.82, 2.24) is 19.4 Å². The van der Waals surface area contributed by atoms with Crippen LogP contribution in [0.1, 0.15) is 22.8 Å². The fraction of sp³-hybridized carbons (Fsp3) is 0.219. The van der Waals surface area contributed by atoms with Crippen molar-refractivity contribution in [1.29, 1.82) is 0 Å². The molecule has 196 valence electrons. The predicted octanol–water partition coefficient (Wildman–Crippen LogP) is 5.76. The predicted molar refractivity (Wildman–Crippen MR) is 155 cm³/mol. The molecule has 5 aromatic rings. The quantitative estimate of drug-likeness (QED) is 0.287. The minimum atomic E-state index is 0.0426. The molecule has 0 radical (unpaired) electrons. The number of benzene rings is 3. The number of ether oxygens (including phenoxy) is 1. The first-order valence-corrected chi connectivity index (χ1v) is 13.4. The standard InChI is InChI=1S/C32H31N5O2/c1-3-39-27-15-11-25(12-16-27)32(38)36-19-17-35(18-20-36)30-29-28(24-7-5-4-6-8-24)21-37(31(29)34-22-33-30)26-13-9-23(2)10-14-26/h4-16,21-22H,3,17-20H2,1-2H3. The highest BCUT2D eigenvalue weighted by Gasteiger charge is 2.26. The molecule has 0 spiro atoms. The average Bonchev–Trinajstić information content (AvgIpc) is 3.38. The van der Waals surface area contributed by atoms with E-state index in [1.165, 1.54) is 5.56 Å². The third-order valence-electron chi connectivity index (χ3n) is 7.24. The molecule has 7 heteroatoms. The van der Waals surface area contributed by atoms with Gasteiger partial charge in [0, 0.05) is 49.2 Å². The maximum Gasteiger partial charge on any atom is 0.253 e. The molecule has 1 amide bonds. The molecule has 0 unspecified atom stereocenters. The van der Waals surface area contributed by atoms with E-state index in [1.54, 1.807) is 6.33 Å². The van der Waals surface area contributed by atoms with E-state index in [1.807, 2.05) is 42.2 Å². The summed E-state index contributed by atoms with van der Waals surface area (Å²) in [5.74, 6) is 1.72. The first-order chi connectivity index (χ1) is 19.1. The van der Waals surface area contributed by atoms with Crippen LogP contribution in [0.25, 0.3) is 27.8 Å². The van der Waals surface area contributed by atoms with Gasteiger partial charge >= 0.3 is 0 Å². The van der Waals surface area contributed by atoms with Gasteiger partial charge in [0.1, 0.15) is 17.9 Å². The maximum absolute atomic E-state index is 13.2. The van der Waals surface area contributed by atoms with Crippen molar-refractivity contribution in [2.45, 2.75) is 13.8 Å². The first-order valence-electron chi connectivity index (χ1n) is 13.4. The summed E-state index contributed by atoms with van der Waals surface area (Å²) in [4.78, 5) is 26.9. The van der Waals surface area contributed by atoms with Crippen LogP contribution in [0, 0.1) is 6.92 Å². The van der Waals surface area contributed by atoms with Crippen molar-refractivity contribution >= 4 is 22.8 Å². The largest absolute Gasteiger partial charge is 0.494 e. The van der Waals surface area contributed by atoms with Gasteiger partial charge in [-0.05, 0) is 55.8 Å². The van der Waals surface area contributed by atoms with Gasteiger partial charge in [0.2, 0.25) is 0 Å². The van der Waals surface area contributed by atoms with Crippen LogP contribution in [0.2, 0.25) is 0 Å². The smallest absolute Gasteiger partial charge is 0.253 e. The van der Waals surface area contributed by atoms with Crippen LogP contribution in [0.5, 0.6) is 5.75 Å². The second kappa shape index (κ2) is 10.6. The van der Waals surface area contributed by atoms with Gasteiger partial charge in [-0.3, -0.25) is 4.79 Å². The number of fused-ring (bicyclic) bond motifs is 1. The summed E-state index contributed by atoms with van der Waals surface area (Å²) in [6, 6.07) is 26.3. The van der Waals surface area contributed by atoms with Gasteiger partial charge in [0.05, 0.1) is 12.0 Å². The molecule has 2 aromatic heterocycles. The summed E-state index contributed by atoms with van der Waals surface area (Å²) in [7, 11) is 0. The van der Waals surface area contributed by atoms with Gasteiger partial charge < -0.3 is 19.1 Å². The van der Waals surface area contributed by atoms with Gasteiger partial charge in [-0.25, -0.2) is 9.97 Å². The number of carbonyl (C=O) groups excluding carboxylic acids is 1. The molecule has 0 N–H and O–H groups in total. The summed E-state index contributed by atoms with van der Waals surface area (Å²) in [5, 5.41) is 1.02. The van der Waals surface area contributed by atoms with Gasteiger partial charge in [0.25, 0.3) is 5.91 Å². The third kappa shape index (κ3) is 4.83. The highest BCUT2D eigenvalue weighted by atomic mass is 16.5. The Balaban J connectivity index is 1.31. The molecule has 1 fully saturated rings. The van der Waals surface area contributed by atoms with Crippen LogP contribution >= 0.6 is 0 Å². The van der Waals surface area contributed by atoms with Gasteiger partial charge in [-0.2, -0.15) is 0 Å². The minimum absolute atomic E-state index is 0.0426. The topological polar surface area (TPSA) is 63.5 Å². The Morgan fingerprint density at radius 3 is 2.28 bits per heavy atom. The van der Waals surface area contributed by atoms with Crippen molar-refractivity contribution < 1.29 is 9.53 Å². The number of anilines is 1. The summed E-state index contributed by atoms with van der Waals surface area (Å²) in [6.07, 6.45) is 3.81. The second-order valence-electron chi connectivity index (χ2n) is 9.75. The lowest BCUT2D eigenvalue weighted by Gasteiger charge is -2.35. The Bertz CT molecular complexity index is 1590. The maximum atomic E-state index is 13.2. The van der Waals surface area contributed by atoms with Crippen LogP contribution in [-0.4, -0.2) is 58.1 Å². The van der Waals surface area contributed by atoms with Crippen molar-refractivity contribution in [3.63, 3.8) is 0 Å². The molecular weight excluding hydrogens is 486 g/mol. The number of hydrogen-bond donors (Lipinski definition) is 0. The van der Waals surface area contributed by atoms with Crippen LogP contribution in [0.3, 0.4) is 0 Å². The molecule has 7 nitrogen and oxygen atoms in total. The minimum Gasteiger partial charge on any atom is -0.494 e. The van der Waals surface area contributed by atoms with Crippen LogP contribution in [0.4, 0.5) is 5.82 Å². The summed E-state index contributed by atoms with van der Waals surface area (Å²) in [5.41, 5.74) is 6.03. The number of amides is 1. The van der Waals surface area contributed by atoms with Crippen LogP contribution in [0.15, 0.2) is 91.4 Å². The molecule has 0 aliphatic carbocycles. The van der Waals surface area contributed by atoms with Crippen molar-refractivity contribution in [3.05, 3.63) is 103 Å². The summed E-state index contributed by atoms with van der Waals surface area (Å²) >= 11 is 0. The molecule has 6 rings (SSSR count). The Kier molecular flexibility index (Phi) is 6.71. The Hall–Kier alpha value is -4.65. The zero-order valence-electron chi connectivity index (χ0n) is 22.2. The van der Waals surface area contributed by atoms with E-state index in [0.29, 0.717) is 38.3 Å². The SMILES string of the molecule is CCOc1ccc(C(=O)N2CCN(c3ncnc4c3c(-c3ccccc3)cn4-c3ccc(C)cc3)CC2)cc1. The average molecular weight is 518 g/mol. The summed E-state index contributed by atoms with van der Waals surface area (Å²) in [6.45, 7) is 7.27. The van der Waals surface area contributed by atoms with E-state index in [4.69, 9.17) is 14.7 Å². The monoisotopic (exact) mass is 517 g/mol. The number of aromatic nitrogens is 3. The molecule has 0 atom stereocenters. The third-order valence-corrected chi connectivity index (χ3v) is 7.24. The zero-order chi connectivity index (χ0) is 26.8. The number of carbonyl (C=O) groups is 1. The van der Waals surface area contributed by atoms with Crippen molar-refractivity contribution in [2.24, 2.45) is 0 Å². The highest BCUT2D eigenvalue weighted by Crippen LogP contribution is 2.37. The van der Waals surface area contributed by atoms with E-state index in [-0.39, 0.29) is 5.91 Å². The highest BCUT2D eigenvalue weighted by molar-refractivity contribution is 6.02. The number of aryl methyl sites for hydroxylation is 1. The first kappa shape index (κ1) is 24.7. The van der Waals surface area contributed by atoms with Gasteiger partial charge in [-0.15, -0.1) is 0 Å². The van der Waals surface area contributed by atoms with Crippen molar-refractivity contribution in [3.8, 4) is 22.6 Å². The Morgan fingerprint density at radius 2 is 1.59 bits per heavy atom. The molecule has 1 aliphatic rings. The number of nitrogens with zero attached hydrogens (tertiary/aromatic N) is 5. The summed E-state index contributed by atoms with van der Waals surface area (Å²) < 4.78 is 7.66. The molecule has 0 saturated carbocycles. The second-order valence-corrected chi connectivity index (χ2v) is 9.75. The number of rotatable bonds is 6. The molecule has 1 saturated heterocycles. The van der Waals surface area contributed by atoms with Crippen LogP contribution < -0.4 is 9.64 Å². The van der Waals surface area contributed by atoms with E-state index in [9.17, 15) is 4.79 Å². The molecule has 3 aromatic carbocycles. The molecule has 3 heterocycles. The fourth-order valence-electron chi connectivity index (χ4n) is 5.19. The van der Waals surface area contributed by atoms with Gasteiger partial charge in [-0.1, -0.05) is 48.0 Å². The Morgan fingerprint density at radius 1 is 0.872 bits per heavy atom. The molecular formula is C32H31N5O2. The van der Waals surface area contributed by atoms with E-state index >= 15 is 0 Å². The normalized spacial score (nSPS) is 13.6. The molecule has 1 aliphatic heterocycles. The van der Waals surface area contributed by atoms with E-state index < -0.39 is 0 Å². The lowest BCUT2D eigenvalue weighted by atomic mass is 10.1. The lowest BCUT2D eigenvalue weighted by Crippen LogP contribution is -2.49. The fourth-order valence-corrected chi connectivity index (χ4v) is 5.19. The van der Waals surface area contributed by atoms with E-state index in [2.05, 4.69) is 71.1 Å². The van der Waals surface area contributed by atoms with Gasteiger partial charge in [0.15, 0.2) is 5.65 Å². The Labute approximate surface area is 228 Å². The van der Waals surface area contributed by atoms with Crippen LogP contribution in [-0.2, 0) is 0 Å². The number of hydrogen-bond acceptors (Lipinski definition) is 5. The zero-order valence-corrected chi connectivity index (χ0v) is 22.2. The van der Waals surface area contributed by atoms with E-state index in [0.717, 1.165) is 39.4 Å².